The van der Waals surface area contributed by atoms with E-state index in [2.05, 4.69) is 55.6 Å². The van der Waals surface area contributed by atoms with Crippen LogP contribution in [0.3, 0.4) is 0 Å². The van der Waals surface area contributed by atoms with Crippen LogP contribution in [0.1, 0.15) is 187 Å². The molecule has 0 aromatic carbocycles. The summed E-state index contributed by atoms with van der Waals surface area (Å²) in [6.45, 7) is 4.03. The van der Waals surface area contributed by atoms with Gasteiger partial charge in [0.1, 0.15) is 0 Å². The molecule has 0 aliphatic heterocycles. The molecule has 52 heavy (non-hydrogen) atoms. The Morgan fingerprint density at radius 1 is 0.654 bits per heavy atom. The number of phosphoric acid groups is 1. The number of carbonyl (C=O) groups excluding carboxylic acids is 1. The molecule has 0 heterocycles. The highest BCUT2D eigenvalue weighted by Gasteiger charge is 2.27. The van der Waals surface area contributed by atoms with Gasteiger partial charge in [-0.15, -0.1) is 0 Å². The summed E-state index contributed by atoms with van der Waals surface area (Å²) in [6, 6.07) is -0.813. The van der Waals surface area contributed by atoms with Gasteiger partial charge in [-0.3, -0.25) is 13.8 Å². The highest BCUT2D eigenvalue weighted by atomic mass is 31.2. The lowest BCUT2D eigenvalue weighted by molar-refractivity contribution is -0.123. The first-order valence-corrected chi connectivity index (χ1v) is 22.7. The number of aliphatic hydroxyl groups is 1. The number of amides is 1. The molecule has 0 fully saturated rings. The van der Waals surface area contributed by atoms with E-state index in [9.17, 15) is 19.4 Å². The molecule has 0 aromatic heterocycles. The molecular weight excluding hydrogens is 671 g/mol. The summed E-state index contributed by atoms with van der Waals surface area (Å²) in [7, 11) is -4.33. The molecule has 1 amide bonds. The summed E-state index contributed by atoms with van der Waals surface area (Å²) in [5.74, 6) is -0.241. The first-order valence-electron chi connectivity index (χ1n) is 21.3. The SMILES string of the molecule is CC/C=C\C/C=C\C/C=C\C/C=C\CCC(=O)NC(COP(=O)(O)OCCN)C(O)CCCCCCCCCCCCCCCCCCCCCC. The summed E-state index contributed by atoms with van der Waals surface area (Å²) in [4.78, 5) is 22.6. The van der Waals surface area contributed by atoms with Gasteiger partial charge in [-0.1, -0.05) is 191 Å². The highest BCUT2D eigenvalue weighted by molar-refractivity contribution is 7.47. The van der Waals surface area contributed by atoms with Crippen molar-refractivity contribution in [2.24, 2.45) is 5.73 Å². The Balaban J connectivity index is 4.21. The van der Waals surface area contributed by atoms with E-state index in [0.717, 1.165) is 44.9 Å². The van der Waals surface area contributed by atoms with Crippen LogP contribution < -0.4 is 11.1 Å². The normalized spacial score (nSPS) is 14.6. The van der Waals surface area contributed by atoms with Crippen LogP contribution in [0, 0.1) is 0 Å². The van der Waals surface area contributed by atoms with E-state index in [1.165, 1.54) is 109 Å². The molecule has 8 nitrogen and oxygen atoms in total. The fraction of sp³-hybridized carbons (Fsp3) is 0.791. The smallest absolute Gasteiger partial charge is 0.391 e. The van der Waals surface area contributed by atoms with Crippen molar-refractivity contribution in [2.45, 2.75) is 199 Å². The number of allylic oxidation sites excluding steroid dienone is 8. The van der Waals surface area contributed by atoms with Crippen LogP contribution in [0.2, 0.25) is 0 Å². The summed E-state index contributed by atoms with van der Waals surface area (Å²) < 4.78 is 22.1. The van der Waals surface area contributed by atoms with Crippen molar-refractivity contribution in [3.63, 3.8) is 0 Å². The van der Waals surface area contributed by atoms with Crippen molar-refractivity contribution >= 4 is 13.7 Å². The molecule has 0 rings (SSSR count). The predicted octanol–water partition coefficient (Wildman–Crippen LogP) is 11.7. The zero-order chi connectivity index (χ0) is 38.2. The third-order valence-electron chi connectivity index (χ3n) is 9.21. The number of aliphatic hydroxyl groups excluding tert-OH is 1. The Hall–Kier alpha value is -1.54. The molecule has 0 aromatic rings. The number of nitrogens with two attached hydrogens (primary N) is 1. The highest BCUT2D eigenvalue weighted by Crippen LogP contribution is 2.43. The van der Waals surface area contributed by atoms with E-state index in [1.54, 1.807) is 0 Å². The van der Waals surface area contributed by atoms with Crippen LogP contribution in [0.4, 0.5) is 0 Å². The second kappa shape index (κ2) is 39.2. The molecular formula is C43H81N2O6P. The lowest BCUT2D eigenvalue weighted by atomic mass is 10.0. The van der Waals surface area contributed by atoms with Gasteiger partial charge < -0.3 is 21.1 Å². The van der Waals surface area contributed by atoms with E-state index in [-0.39, 0.29) is 32.1 Å². The Bertz CT molecular complexity index is 954. The maximum Gasteiger partial charge on any atom is 0.472 e. The molecule has 3 unspecified atom stereocenters. The van der Waals surface area contributed by atoms with Crippen LogP contribution >= 0.6 is 7.82 Å². The predicted molar refractivity (Wildman–Crippen MR) is 221 cm³/mol. The van der Waals surface area contributed by atoms with Crippen LogP contribution in [0.15, 0.2) is 48.6 Å². The van der Waals surface area contributed by atoms with Crippen molar-refractivity contribution < 1.29 is 28.4 Å². The molecule has 0 saturated heterocycles. The van der Waals surface area contributed by atoms with Gasteiger partial charge >= 0.3 is 7.82 Å². The van der Waals surface area contributed by atoms with Gasteiger partial charge in [-0.05, 0) is 38.5 Å². The lowest BCUT2D eigenvalue weighted by Crippen LogP contribution is -2.46. The molecule has 0 spiro atoms. The Morgan fingerprint density at radius 2 is 1.08 bits per heavy atom. The third kappa shape index (κ3) is 36.8. The largest absolute Gasteiger partial charge is 0.472 e. The van der Waals surface area contributed by atoms with Crippen molar-refractivity contribution in [3.8, 4) is 0 Å². The molecule has 0 aliphatic carbocycles. The minimum atomic E-state index is -4.33. The van der Waals surface area contributed by atoms with E-state index >= 15 is 0 Å². The van der Waals surface area contributed by atoms with E-state index in [0.29, 0.717) is 12.8 Å². The van der Waals surface area contributed by atoms with Gasteiger partial charge in [-0.2, -0.15) is 0 Å². The van der Waals surface area contributed by atoms with Crippen LogP contribution in [-0.2, 0) is 18.4 Å². The molecule has 0 aliphatic rings. The minimum absolute atomic E-state index is 0.0768. The average Bonchev–Trinajstić information content (AvgIpc) is 3.13. The molecule has 5 N–H and O–H groups in total. The number of carbonyl (C=O) groups is 1. The average molecular weight is 753 g/mol. The van der Waals surface area contributed by atoms with Crippen LogP contribution in [0.5, 0.6) is 0 Å². The Morgan fingerprint density at radius 3 is 1.52 bits per heavy atom. The molecule has 0 bridgehead atoms. The van der Waals surface area contributed by atoms with Crippen molar-refractivity contribution in [1.82, 2.24) is 5.32 Å². The van der Waals surface area contributed by atoms with Gasteiger partial charge in [0.05, 0.1) is 25.4 Å². The molecule has 304 valence electrons. The standard InChI is InChI=1S/C43H81N2O6P/c1-3-5-7-9-11-13-15-17-18-19-20-21-22-23-25-26-28-30-32-34-36-42(46)41(40-51-52(48,49)50-39-38-44)45-43(47)37-35-33-31-29-27-24-16-14-12-10-8-6-4-2/h6,8,12,14,24,27,31,33,41-42,46H,3-5,7,9-11,13,15-23,25-26,28-30,32,34-40,44H2,1-2H3,(H,45,47)(H,48,49)/b8-6-,14-12-,27-24-,33-31-. The minimum Gasteiger partial charge on any atom is -0.391 e. The van der Waals surface area contributed by atoms with E-state index < -0.39 is 20.0 Å². The monoisotopic (exact) mass is 753 g/mol. The lowest BCUT2D eigenvalue weighted by Gasteiger charge is -2.25. The van der Waals surface area contributed by atoms with E-state index in [4.69, 9.17) is 14.8 Å². The number of unbranched alkanes of at least 4 members (excludes halogenated alkanes) is 19. The quantitative estimate of drug-likeness (QED) is 0.0279. The van der Waals surface area contributed by atoms with Gasteiger partial charge in [0.25, 0.3) is 0 Å². The number of hydrogen-bond donors (Lipinski definition) is 4. The van der Waals surface area contributed by atoms with Crippen molar-refractivity contribution in [1.29, 1.82) is 0 Å². The Kier molecular flexibility index (Phi) is 38.0. The molecule has 0 radical (unpaired) electrons. The first-order chi connectivity index (χ1) is 25.4. The third-order valence-corrected chi connectivity index (χ3v) is 10.2. The summed E-state index contributed by atoms with van der Waals surface area (Å²) in [6.07, 6.45) is 47.1. The van der Waals surface area contributed by atoms with Crippen LogP contribution in [0.25, 0.3) is 0 Å². The first kappa shape index (κ1) is 50.5. The second-order valence-electron chi connectivity index (χ2n) is 14.2. The molecule has 9 heteroatoms. The topological polar surface area (TPSA) is 131 Å². The summed E-state index contributed by atoms with van der Waals surface area (Å²) in [5.41, 5.74) is 5.37. The zero-order valence-electron chi connectivity index (χ0n) is 33.5. The van der Waals surface area contributed by atoms with E-state index in [1.807, 2.05) is 12.2 Å². The number of hydrogen-bond acceptors (Lipinski definition) is 6. The fourth-order valence-electron chi connectivity index (χ4n) is 6.03. The fourth-order valence-corrected chi connectivity index (χ4v) is 6.79. The van der Waals surface area contributed by atoms with Crippen molar-refractivity contribution in [2.75, 3.05) is 19.8 Å². The van der Waals surface area contributed by atoms with Gasteiger partial charge in [0.15, 0.2) is 0 Å². The summed E-state index contributed by atoms with van der Waals surface area (Å²) >= 11 is 0. The van der Waals surface area contributed by atoms with Crippen LogP contribution in [-0.4, -0.2) is 47.8 Å². The number of phosphoric ester groups is 1. The van der Waals surface area contributed by atoms with Gasteiger partial charge in [0, 0.05) is 13.0 Å². The maximum absolute atomic E-state index is 12.7. The maximum atomic E-state index is 12.7. The zero-order valence-corrected chi connectivity index (χ0v) is 34.4. The number of nitrogens with one attached hydrogen (secondary N) is 1. The van der Waals surface area contributed by atoms with Gasteiger partial charge in [0.2, 0.25) is 5.91 Å². The van der Waals surface area contributed by atoms with Crippen molar-refractivity contribution in [3.05, 3.63) is 48.6 Å². The second-order valence-corrected chi connectivity index (χ2v) is 15.6. The summed E-state index contributed by atoms with van der Waals surface area (Å²) in [5, 5.41) is 13.7. The number of rotatable bonds is 39. The molecule has 0 saturated carbocycles. The van der Waals surface area contributed by atoms with Gasteiger partial charge in [-0.25, -0.2) is 4.57 Å². The molecule has 3 atom stereocenters. The Labute approximate surface area is 320 Å².